The summed E-state index contributed by atoms with van der Waals surface area (Å²) in [5.41, 5.74) is 1.68. The van der Waals surface area contributed by atoms with Gasteiger partial charge in [-0.15, -0.1) is 0 Å². The average Bonchev–Trinajstić information content (AvgIpc) is 2.94. The van der Waals surface area contributed by atoms with Crippen LogP contribution < -0.4 is 0 Å². The van der Waals surface area contributed by atoms with Crippen LogP contribution in [0.5, 0.6) is 0 Å². The van der Waals surface area contributed by atoms with Gasteiger partial charge in [0.25, 0.3) is 0 Å². The fourth-order valence-corrected chi connectivity index (χ4v) is 5.56. The van der Waals surface area contributed by atoms with Crippen molar-refractivity contribution < 1.29 is 4.74 Å². The highest BCUT2D eigenvalue weighted by Crippen LogP contribution is 2.64. The molecule has 3 nitrogen and oxygen atoms in total. The van der Waals surface area contributed by atoms with E-state index in [0.717, 1.165) is 31.6 Å². The molecule has 116 valence electrons. The van der Waals surface area contributed by atoms with Crippen LogP contribution in [0.25, 0.3) is 0 Å². The smallest absolute Gasteiger partial charge is 0.0687 e. The van der Waals surface area contributed by atoms with E-state index < -0.39 is 0 Å². The highest BCUT2D eigenvalue weighted by atomic mass is 16.5. The van der Waals surface area contributed by atoms with Crippen molar-refractivity contribution in [2.75, 3.05) is 6.61 Å². The Morgan fingerprint density at radius 2 is 1.95 bits per heavy atom. The Balaban J connectivity index is 1.56. The fourth-order valence-electron chi connectivity index (χ4n) is 5.56. The second-order valence-corrected chi connectivity index (χ2v) is 7.85. The summed E-state index contributed by atoms with van der Waals surface area (Å²) in [5, 5.41) is 9.32. The Morgan fingerprint density at radius 1 is 1.14 bits per heavy atom. The molecule has 22 heavy (non-hydrogen) atoms. The first-order valence-electron chi connectivity index (χ1n) is 8.63. The maximum absolute atomic E-state index is 9.32. The molecule has 0 aromatic carbocycles. The van der Waals surface area contributed by atoms with Gasteiger partial charge in [-0.05, 0) is 56.1 Å². The molecule has 0 N–H and O–H groups in total. The summed E-state index contributed by atoms with van der Waals surface area (Å²) in [6.07, 6.45) is 12.2. The van der Waals surface area contributed by atoms with Gasteiger partial charge in [0.1, 0.15) is 0 Å². The first-order chi connectivity index (χ1) is 10.7. The van der Waals surface area contributed by atoms with E-state index in [4.69, 9.17) is 4.74 Å². The summed E-state index contributed by atoms with van der Waals surface area (Å²) in [7, 11) is 0. The molecule has 0 bridgehead atoms. The summed E-state index contributed by atoms with van der Waals surface area (Å²) in [4.78, 5) is 4.58. The van der Waals surface area contributed by atoms with E-state index in [2.05, 4.69) is 23.2 Å². The topological polar surface area (TPSA) is 45.9 Å². The van der Waals surface area contributed by atoms with Crippen LogP contribution in [0.3, 0.4) is 0 Å². The molecule has 0 amide bonds. The van der Waals surface area contributed by atoms with Gasteiger partial charge in [0.15, 0.2) is 0 Å². The molecule has 1 aromatic rings. The third-order valence-electron chi connectivity index (χ3n) is 6.31. The maximum Gasteiger partial charge on any atom is 0.0687 e. The first kappa shape index (κ1) is 14.2. The molecule has 3 fully saturated rings. The Bertz CT molecular complexity index is 577. The highest BCUT2D eigenvalue weighted by molar-refractivity contribution is 5.27. The summed E-state index contributed by atoms with van der Waals surface area (Å²) in [6.45, 7) is 0.908. The van der Waals surface area contributed by atoms with Crippen LogP contribution in [0.15, 0.2) is 24.4 Å². The van der Waals surface area contributed by atoms with Crippen molar-refractivity contribution in [2.45, 2.75) is 68.8 Å². The number of hydrogen-bond donors (Lipinski definition) is 0. The second-order valence-electron chi connectivity index (χ2n) is 7.85. The van der Waals surface area contributed by atoms with Gasteiger partial charge in [0.2, 0.25) is 0 Å². The molecular formula is C19H24N2O. The summed E-state index contributed by atoms with van der Waals surface area (Å²) >= 11 is 0. The van der Waals surface area contributed by atoms with E-state index in [9.17, 15) is 5.26 Å². The highest BCUT2D eigenvalue weighted by Gasteiger charge is 2.60. The van der Waals surface area contributed by atoms with Crippen LogP contribution in [0.1, 0.15) is 63.5 Å². The van der Waals surface area contributed by atoms with E-state index in [1.807, 2.05) is 12.3 Å². The number of nitriles is 1. The van der Waals surface area contributed by atoms with Crippen LogP contribution >= 0.6 is 0 Å². The number of nitrogens with zero attached hydrogens (tertiary/aromatic N) is 2. The Hall–Kier alpha value is -1.40. The molecule has 2 spiro atoms. The Labute approximate surface area is 132 Å². The van der Waals surface area contributed by atoms with Crippen molar-refractivity contribution in [3.8, 4) is 6.07 Å². The molecule has 1 saturated heterocycles. The molecule has 2 heterocycles. The molecule has 0 radical (unpaired) electrons. The van der Waals surface area contributed by atoms with E-state index in [0.29, 0.717) is 11.8 Å². The van der Waals surface area contributed by atoms with Crippen LogP contribution in [-0.2, 0) is 10.2 Å². The quantitative estimate of drug-likeness (QED) is 0.824. The number of rotatable bonds is 2. The largest absolute Gasteiger partial charge is 0.375 e. The van der Waals surface area contributed by atoms with Crippen molar-refractivity contribution >= 4 is 0 Å². The third-order valence-corrected chi connectivity index (χ3v) is 6.31. The van der Waals surface area contributed by atoms with Crippen molar-refractivity contribution in [3.63, 3.8) is 0 Å². The van der Waals surface area contributed by atoms with Crippen LogP contribution in [0, 0.1) is 16.7 Å². The van der Waals surface area contributed by atoms with Gasteiger partial charge in [-0.3, -0.25) is 4.98 Å². The molecule has 1 aliphatic heterocycles. The summed E-state index contributed by atoms with van der Waals surface area (Å²) in [5.74, 6) is 0. The zero-order valence-corrected chi connectivity index (χ0v) is 13.2. The van der Waals surface area contributed by atoms with Gasteiger partial charge < -0.3 is 4.74 Å². The second kappa shape index (κ2) is 5.06. The van der Waals surface area contributed by atoms with Gasteiger partial charge in [0, 0.05) is 30.3 Å². The van der Waals surface area contributed by atoms with Crippen molar-refractivity contribution in [1.29, 1.82) is 5.26 Å². The van der Waals surface area contributed by atoms with Gasteiger partial charge in [-0.25, -0.2) is 0 Å². The standard InChI is InChI=1S/C19H24N2O/c20-10-8-18(16-5-1-4-11-21-16)13-17(14-18)9-12-22-19(15-17)6-2-3-7-19/h1,4-5,11H,2-3,6-9,12-15H2. The summed E-state index contributed by atoms with van der Waals surface area (Å²) in [6, 6.07) is 8.54. The third kappa shape index (κ3) is 2.16. The van der Waals surface area contributed by atoms with E-state index >= 15 is 0 Å². The van der Waals surface area contributed by atoms with E-state index in [1.165, 1.54) is 32.1 Å². The van der Waals surface area contributed by atoms with Crippen LogP contribution in [-0.4, -0.2) is 17.2 Å². The average molecular weight is 296 g/mol. The minimum absolute atomic E-state index is 0.00680. The van der Waals surface area contributed by atoms with Gasteiger partial charge in [-0.2, -0.15) is 5.26 Å². The van der Waals surface area contributed by atoms with Crippen molar-refractivity contribution in [1.82, 2.24) is 4.98 Å². The summed E-state index contributed by atoms with van der Waals surface area (Å²) < 4.78 is 6.21. The molecule has 3 aliphatic rings. The zero-order valence-electron chi connectivity index (χ0n) is 13.2. The molecule has 0 unspecified atom stereocenters. The lowest BCUT2D eigenvalue weighted by atomic mass is 9.46. The molecule has 0 atom stereocenters. The number of pyridine rings is 1. The monoisotopic (exact) mass is 296 g/mol. The predicted octanol–water partition coefficient (Wildman–Crippen LogP) is 4.14. The normalized spacial score (nSPS) is 36.1. The van der Waals surface area contributed by atoms with Gasteiger partial charge in [0.05, 0.1) is 11.7 Å². The van der Waals surface area contributed by atoms with Crippen LogP contribution in [0.2, 0.25) is 0 Å². The molecule has 2 aliphatic carbocycles. The Kier molecular flexibility index (Phi) is 3.27. The predicted molar refractivity (Wildman–Crippen MR) is 84.2 cm³/mol. The zero-order chi connectivity index (χ0) is 15.1. The lowest BCUT2D eigenvalue weighted by Gasteiger charge is -2.60. The van der Waals surface area contributed by atoms with E-state index in [1.54, 1.807) is 0 Å². The lowest BCUT2D eigenvalue weighted by molar-refractivity contribution is -0.164. The molecule has 4 rings (SSSR count). The van der Waals surface area contributed by atoms with Crippen LogP contribution in [0.4, 0.5) is 0 Å². The molecule has 1 aromatic heterocycles. The van der Waals surface area contributed by atoms with Gasteiger partial charge in [-0.1, -0.05) is 18.9 Å². The number of hydrogen-bond acceptors (Lipinski definition) is 3. The molecular weight excluding hydrogens is 272 g/mol. The minimum Gasteiger partial charge on any atom is -0.375 e. The van der Waals surface area contributed by atoms with Crippen molar-refractivity contribution in [2.24, 2.45) is 5.41 Å². The van der Waals surface area contributed by atoms with E-state index in [-0.39, 0.29) is 11.0 Å². The Morgan fingerprint density at radius 3 is 2.64 bits per heavy atom. The number of aromatic nitrogens is 1. The molecule has 2 saturated carbocycles. The molecule has 3 heteroatoms. The van der Waals surface area contributed by atoms with Gasteiger partial charge >= 0.3 is 0 Å². The fraction of sp³-hybridized carbons (Fsp3) is 0.684. The first-order valence-corrected chi connectivity index (χ1v) is 8.63. The van der Waals surface area contributed by atoms with Crippen molar-refractivity contribution in [3.05, 3.63) is 30.1 Å². The maximum atomic E-state index is 9.32. The SMILES string of the molecule is N#CCC1(c2ccccn2)CC2(CCOC3(CCCC3)C2)C1. The minimum atomic E-state index is -0.00680. The lowest BCUT2D eigenvalue weighted by Crippen LogP contribution is -2.56. The number of ether oxygens (including phenoxy) is 1.